The summed E-state index contributed by atoms with van der Waals surface area (Å²) in [5.41, 5.74) is 2.45. The van der Waals surface area contributed by atoms with E-state index in [1.165, 1.54) is 0 Å². The van der Waals surface area contributed by atoms with Gasteiger partial charge in [0.1, 0.15) is 10.6 Å². The van der Waals surface area contributed by atoms with Crippen molar-refractivity contribution in [2.45, 2.75) is 37.5 Å². The maximum Gasteiger partial charge on any atom is 0.323 e. The number of sulfone groups is 1. The smallest absolute Gasteiger partial charge is 0.323 e. The van der Waals surface area contributed by atoms with Crippen molar-refractivity contribution in [1.82, 2.24) is 19.7 Å². The summed E-state index contributed by atoms with van der Waals surface area (Å²) < 4.78 is 32.3. The quantitative estimate of drug-likeness (QED) is 0.481. The molecule has 12 heteroatoms. The summed E-state index contributed by atoms with van der Waals surface area (Å²) in [6.07, 6.45) is 4.38. The molecule has 1 aromatic carbocycles. The van der Waals surface area contributed by atoms with Crippen molar-refractivity contribution < 1.29 is 17.9 Å². The van der Waals surface area contributed by atoms with Crippen LogP contribution in [0.1, 0.15) is 32.4 Å². The fourth-order valence-corrected chi connectivity index (χ4v) is 6.31. The molecular formula is C25H31N7O4S. The van der Waals surface area contributed by atoms with Gasteiger partial charge in [-0.1, -0.05) is 6.92 Å². The molecule has 2 aromatic heterocycles. The third kappa shape index (κ3) is 5.03. The van der Waals surface area contributed by atoms with E-state index >= 15 is 0 Å². The maximum absolute atomic E-state index is 13.0. The molecule has 1 aliphatic carbocycles. The molecular weight excluding hydrogens is 494 g/mol. The Bertz CT molecular complexity index is 1400. The number of carbonyl (C=O) groups is 1. The number of anilines is 3. The second-order valence-corrected chi connectivity index (χ2v) is 12.1. The van der Waals surface area contributed by atoms with Gasteiger partial charge in [0.05, 0.1) is 36.8 Å². The van der Waals surface area contributed by atoms with Crippen molar-refractivity contribution in [1.29, 1.82) is 0 Å². The van der Waals surface area contributed by atoms with E-state index < -0.39 is 14.6 Å². The van der Waals surface area contributed by atoms with Gasteiger partial charge in [-0.05, 0) is 44.0 Å². The SMILES string of the molecule is CCS(=O)(=O)C1(c2cc(N3CCOC[C@@H]3C)nc(-c3ccc(NC(=O)Nc4cnn(C)c4)cc3)n2)CC1. The Morgan fingerprint density at radius 2 is 1.89 bits per heavy atom. The minimum Gasteiger partial charge on any atom is -0.377 e. The highest BCUT2D eigenvalue weighted by Crippen LogP contribution is 2.53. The first kappa shape index (κ1) is 25.2. The zero-order valence-electron chi connectivity index (χ0n) is 21.1. The van der Waals surface area contributed by atoms with Crippen molar-refractivity contribution in [3.8, 4) is 11.4 Å². The lowest BCUT2D eigenvalue weighted by atomic mass is 10.1. The third-order valence-electron chi connectivity index (χ3n) is 6.88. The molecule has 1 saturated carbocycles. The highest BCUT2D eigenvalue weighted by atomic mass is 32.2. The van der Waals surface area contributed by atoms with Gasteiger partial charge in [-0.15, -0.1) is 0 Å². The van der Waals surface area contributed by atoms with Crippen LogP contribution in [0.15, 0.2) is 42.7 Å². The van der Waals surface area contributed by atoms with Crippen LogP contribution in [0.5, 0.6) is 0 Å². The van der Waals surface area contributed by atoms with Crippen molar-refractivity contribution in [3.05, 3.63) is 48.4 Å². The normalized spacial score (nSPS) is 18.9. The minimum atomic E-state index is -3.34. The second-order valence-electron chi connectivity index (χ2n) is 9.51. The molecule has 5 rings (SSSR count). The number of aromatic nitrogens is 4. The number of nitrogens with one attached hydrogen (secondary N) is 2. The van der Waals surface area contributed by atoms with Crippen LogP contribution in [0, 0.1) is 0 Å². The molecule has 0 bridgehead atoms. The van der Waals surface area contributed by atoms with Gasteiger partial charge in [0.2, 0.25) is 0 Å². The van der Waals surface area contributed by atoms with Crippen LogP contribution in [-0.2, 0) is 26.4 Å². The standard InChI is InChI=1S/C25H31N7O4S/c1-4-37(34,35)25(9-10-25)21-13-22(32-11-12-36-16-17(32)2)30-23(29-21)18-5-7-19(8-6-18)27-24(33)28-20-14-26-31(3)15-20/h5-8,13-15,17H,4,9-12,16H2,1-3H3,(H2,27,28,33)/t17-/m0/s1. The number of hydrogen-bond donors (Lipinski definition) is 2. The van der Waals surface area contributed by atoms with Crippen LogP contribution in [0.3, 0.4) is 0 Å². The summed E-state index contributed by atoms with van der Waals surface area (Å²) in [4.78, 5) is 24.1. The molecule has 1 atom stereocenters. The van der Waals surface area contributed by atoms with Crippen molar-refractivity contribution >= 4 is 33.1 Å². The molecule has 2 N–H and O–H groups in total. The van der Waals surface area contributed by atoms with Crippen LogP contribution in [0.2, 0.25) is 0 Å². The van der Waals surface area contributed by atoms with Gasteiger partial charge in [-0.2, -0.15) is 5.10 Å². The number of rotatable bonds is 7. The Morgan fingerprint density at radius 3 is 2.51 bits per heavy atom. The third-order valence-corrected chi connectivity index (χ3v) is 9.45. The molecule has 2 aliphatic rings. The average molecular weight is 526 g/mol. The fourth-order valence-electron chi connectivity index (χ4n) is 4.61. The summed E-state index contributed by atoms with van der Waals surface area (Å²) in [6.45, 7) is 5.57. The Hall–Kier alpha value is -3.51. The zero-order valence-corrected chi connectivity index (χ0v) is 22.0. The minimum absolute atomic E-state index is 0.0666. The van der Waals surface area contributed by atoms with Gasteiger partial charge in [0, 0.05) is 42.9 Å². The largest absolute Gasteiger partial charge is 0.377 e. The maximum atomic E-state index is 13.0. The first-order valence-corrected chi connectivity index (χ1v) is 14.0. The number of nitrogens with zero attached hydrogens (tertiary/aromatic N) is 5. The molecule has 1 saturated heterocycles. The van der Waals surface area contributed by atoms with E-state index in [0.29, 0.717) is 61.3 Å². The Kier molecular flexibility index (Phi) is 6.63. The molecule has 3 aromatic rings. The molecule has 2 fully saturated rings. The first-order valence-electron chi connectivity index (χ1n) is 12.3. The van der Waals surface area contributed by atoms with Crippen LogP contribution in [0.4, 0.5) is 22.0 Å². The summed E-state index contributed by atoms with van der Waals surface area (Å²) >= 11 is 0. The van der Waals surface area contributed by atoms with E-state index in [2.05, 4.69) is 27.6 Å². The molecule has 1 aliphatic heterocycles. The Morgan fingerprint density at radius 1 is 1.16 bits per heavy atom. The summed E-state index contributed by atoms with van der Waals surface area (Å²) in [6, 6.07) is 8.72. The number of carbonyl (C=O) groups excluding carboxylic acids is 1. The van der Waals surface area contributed by atoms with Crippen LogP contribution in [-0.4, -0.2) is 65.8 Å². The van der Waals surface area contributed by atoms with Gasteiger partial charge >= 0.3 is 6.03 Å². The molecule has 2 amide bonds. The number of urea groups is 1. The van der Waals surface area contributed by atoms with E-state index in [-0.39, 0.29) is 17.8 Å². The summed E-state index contributed by atoms with van der Waals surface area (Å²) in [5.74, 6) is 1.22. The predicted molar refractivity (Wildman–Crippen MR) is 141 cm³/mol. The van der Waals surface area contributed by atoms with Crippen LogP contribution < -0.4 is 15.5 Å². The Balaban J connectivity index is 1.44. The lowest BCUT2D eigenvalue weighted by molar-refractivity contribution is 0.0985. The highest BCUT2D eigenvalue weighted by Gasteiger charge is 2.56. The van der Waals surface area contributed by atoms with Crippen LogP contribution >= 0.6 is 0 Å². The molecule has 0 unspecified atom stereocenters. The topological polar surface area (TPSA) is 131 Å². The average Bonchev–Trinajstić information content (AvgIpc) is 3.62. The lowest BCUT2D eigenvalue weighted by Crippen LogP contribution is -2.44. The lowest BCUT2D eigenvalue weighted by Gasteiger charge is -2.34. The number of morpholine rings is 1. The van der Waals surface area contributed by atoms with Crippen molar-refractivity contribution in [2.75, 3.05) is 41.0 Å². The zero-order chi connectivity index (χ0) is 26.2. The molecule has 37 heavy (non-hydrogen) atoms. The molecule has 196 valence electrons. The van der Waals surface area contributed by atoms with Gasteiger partial charge in [-0.3, -0.25) is 4.68 Å². The van der Waals surface area contributed by atoms with Crippen molar-refractivity contribution in [3.63, 3.8) is 0 Å². The van der Waals surface area contributed by atoms with E-state index in [0.717, 1.165) is 5.56 Å². The molecule has 3 heterocycles. The monoisotopic (exact) mass is 525 g/mol. The summed E-state index contributed by atoms with van der Waals surface area (Å²) in [7, 11) is -1.57. The molecule has 11 nitrogen and oxygen atoms in total. The van der Waals surface area contributed by atoms with E-state index in [1.54, 1.807) is 43.2 Å². The van der Waals surface area contributed by atoms with Crippen molar-refractivity contribution in [2.24, 2.45) is 7.05 Å². The van der Waals surface area contributed by atoms with Gasteiger partial charge in [0.15, 0.2) is 15.7 Å². The van der Waals surface area contributed by atoms with Gasteiger partial charge in [-0.25, -0.2) is 23.2 Å². The number of hydrogen-bond acceptors (Lipinski definition) is 8. The van der Waals surface area contributed by atoms with E-state index in [9.17, 15) is 13.2 Å². The predicted octanol–water partition coefficient (Wildman–Crippen LogP) is 3.17. The number of benzene rings is 1. The fraction of sp³-hybridized carbons (Fsp3) is 0.440. The molecule has 0 radical (unpaired) electrons. The van der Waals surface area contributed by atoms with E-state index in [4.69, 9.17) is 14.7 Å². The molecule has 0 spiro atoms. The van der Waals surface area contributed by atoms with Gasteiger partial charge < -0.3 is 20.3 Å². The van der Waals surface area contributed by atoms with E-state index in [1.807, 2.05) is 18.2 Å². The Labute approximate surface area is 216 Å². The van der Waals surface area contributed by atoms with Gasteiger partial charge in [0.25, 0.3) is 0 Å². The second kappa shape index (κ2) is 9.75. The number of aryl methyl sites for hydroxylation is 1. The number of amides is 2. The van der Waals surface area contributed by atoms with Crippen LogP contribution in [0.25, 0.3) is 11.4 Å². The first-order chi connectivity index (χ1) is 17.7. The number of ether oxygens (including phenoxy) is 1. The highest BCUT2D eigenvalue weighted by molar-refractivity contribution is 7.92. The summed E-state index contributed by atoms with van der Waals surface area (Å²) in [5, 5.41) is 9.55.